The maximum atomic E-state index is 4.52. The van der Waals surface area contributed by atoms with Crippen LogP contribution in [0.5, 0.6) is 0 Å². The second-order valence-corrected chi connectivity index (χ2v) is 8.20. The van der Waals surface area contributed by atoms with Gasteiger partial charge in [-0.3, -0.25) is 14.3 Å². The van der Waals surface area contributed by atoms with Gasteiger partial charge in [0.05, 0.1) is 24.6 Å². The molecule has 7 heteroatoms. The highest BCUT2D eigenvalue weighted by molar-refractivity contribution is 7.09. The van der Waals surface area contributed by atoms with Gasteiger partial charge in [0.2, 0.25) is 0 Å². The van der Waals surface area contributed by atoms with Gasteiger partial charge in [0.1, 0.15) is 5.01 Å². The molecule has 4 heterocycles. The van der Waals surface area contributed by atoms with E-state index in [-0.39, 0.29) is 0 Å². The van der Waals surface area contributed by atoms with E-state index in [1.807, 2.05) is 31.0 Å². The molecule has 1 aliphatic heterocycles. The van der Waals surface area contributed by atoms with Gasteiger partial charge in [-0.1, -0.05) is 0 Å². The van der Waals surface area contributed by atoms with Crippen LogP contribution >= 0.6 is 11.3 Å². The number of nitrogens with one attached hydrogen (secondary N) is 1. The van der Waals surface area contributed by atoms with E-state index < -0.39 is 0 Å². The van der Waals surface area contributed by atoms with E-state index in [0.29, 0.717) is 11.5 Å². The van der Waals surface area contributed by atoms with Crippen LogP contribution in [0.15, 0.2) is 36.4 Å². The third kappa shape index (κ3) is 2.86. The molecule has 5 rings (SSSR count). The Bertz CT molecular complexity index is 851. The first-order chi connectivity index (χ1) is 12.3. The summed E-state index contributed by atoms with van der Waals surface area (Å²) in [5.74, 6) is 0. The Balaban J connectivity index is 1.41. The van der Waals surface area contributed by atoms with Gasteiger partial charge in [-0.2, -0.15) is 0 Å². The SMILES string of the molecule is c1cn2c(CN(Cc3nccs3)[C@@H]3CC34CCNCC4)cnc2cn1. The molecule has 130 valence electrons. The molecule has 0 unspecified atom stereocenters. The van der Waals surface area contributed by atoms with Gasteiger partial charge >= 0.3 is 0 Å². The Morgan fingerprint density at radius 2 is 2.12 bits per heavy atom. The highest BCUT2D eigenvalue weighted by atomic mass is 32.1. The Labute approximate surface area is 150 Å². The number of fused-ring (bicyclic) bond motifs is 1. The lowest BCUT2D eigenvalue weighted by Gasteiger charge is -2.29. The van der Waals surface area contributed by atoms with Gasteiger partial charge in [0.15, 0.2) is 5.65 Å². The molecule has 3 aromatic heterocycles. The van der Waals surface area contributed by atoms with Crippen molar-refractivity contribution >= 4 is 17.0 Å². The summed E-state index contributed by atoms with van der Waals surface area (Å²) in [6, 6.07) is 0.658. The summed E-state index contributed by atoms with van der Waals surface area (Å²) in [6.07, 6.45) is 13.5. The second-order valence-electron chi connectivity index (χ2n) is 7.22. The molecule has 1 atom stereocenters. The van der Waals surface area contributed by atoms with Gasteiger partial charge in [-0.15, -0.1) is 11.3 Å². The van der Waals surface area contributed by atoms with E-state index in [0.717, 1.165) is 31.8 Å². The van der Waals surface area contributed by atoms with Crippen molar-refractivity contribution in [2.75, 3.05) is 13.1 Å². The Morgan fingerprint density at radius 1 is 1.20 bits per heavy atom. The van der Waals surface area contributed by atoms with Crippen molar-refractivity contribution in [3.8, 4) is 0 Å². The molecule has 2 aliphatic rings. The fraction of sp³-hybridized carbons (Fsp3) is 0.500. The van der Waals surface area contributed by atoms with Crippen LogP contribution in [0, 0.1) is 5.41 Å². The number of thiazole rings is 1. The predicted molar refractivity (Wildman–Crippen MR) is 97.3 cm³/mol. The van der Waals surface area contributed by atoms with Crippen molar-refractivity contribution in [2.45, 2.75) is 38.4 Å². The number of aromatic nitrogens is 4. The van der Waals surface area contributed by atoms with Gasteiger partial charge < -0.3 is 5.32 Å². The average molecular weight is 354 g/mol. The van der Waals surface area contributed by atoms with Crippen LogP contribution in [0.3, 0.4) is 0 Å². The standard InChI is InChI=1S/C18H22N6S/c1-3-19-4-2-18(1)9-15(18)23(13-17-21-6-8-25-17)12-14-10-22-16-11-20-5-7-24(14)16/h5-8,10-11,15,19H,1-4,9,12-13H2/t15-/m1/s1. The third-order valence-corrected chi connectivity index (χ3v) is 6.53. The van der Waals surface area contributed by atoms with Gasteiger partial charge in [-0.05, 0) is 37.8 Å². The second kappa shape index (κ2) is 6.16. The summed E-state index contributed by atoms with van der Waals surface area (Å²) in [4.78, 5) is 15.8. The molecule has 0 aromatic carbocycles. The molecule has 3 aromatic rings. The number of imidazole rings is 1. The number of nitrogens with zero attached hydrogens (tertiary/aromatic N) is 5. The van der Waals surface area contributed by atoms with Crippen molar-refractivity contribution in [1.29, 1.82) is 0 Å². The minimum atomic E-state index is 0.518. The number of hydrogen-bond donors (Lipinski definition) is 1. The molecule has 25 heavy (non-hydrogen) atoms. The van der Waals surface area contributed by atoms with Gasteiger partial charge in [0, 0.05) is 36.6 Å². The minimum absolute atomic E-state index is 0.518. The number of hydrogen-bond acceptors (Lipinski definition) is 6. The Morgan fingerprint density at radius 3 is 2.96 bits per heavy atom. The fourth-order valence-corrected chi connectivity index (χ4v) is 4.95. The number of rotatable bonds is 5. The fourth-order valence-electron chi connectivity index (χ4n) is 4.31. The number of piperidine rings is 1. The van der Waals surface area contributed by atoms with Crippen LogP contribution in [-0.4, -0.2) is 43.4 Å². The first-order valence-electron chi connectivity index (χ1n) is 8.93. The van der Waals surface area contributed by atoms with E-state index >= 15 is 0 Å². The lowest BCUT2D eigenvalue weighted by Crippen LogP contribution is -2.36. The molecule has 0 bridgehead atoms. The molecular formula is C18H22N6S. The Hall–Kier alpha value is -1.83. The minimum Gasteiger partial charge on any atom is -0.317 e. The van der Waals surface area contributed by atoms with Crippen LogP contribution < -0.4 is 5.32 Å². The monoisotopic (exact) mass is 354 g/mol. The smallest absolute Gasteiger partial charge is 0.155 e. The van der Waals surface area contributed by atoms with E-state index in [1.54, 1.807) is 11.3 Å². The van der Waals surface area contributed by atoms with Crippen molar-refractivity contribution < 1.29 is 0 Å². The normalized spacial score (nSPS) is 22.0. The van der Waals surface area contributed by atoms with Crippen molar-refractivity contribution in [3.05, 3.63) is 47.1 Å². The van der Waals surface area contributed by atoms with Crippen molar-refractivity contribution in [1.82, 2.24) is 29.6 Å². The molecular weight excluding hydrogens is 332 g/mol. The van der Waals surface area contributed by atoms with Gasteiger partial charge in [-0.25, -0.2) is 9.97 Å². The lowest BCUT2D eigenvalue weighted by atomic mass is 9.93. The summed E-state index contributed by atoms with van der Waals surface area (Å²) in [5.41, 5.74) is 2.66. The molecule has 1 spiro atoms. The zero-order chi connectivity index (χ0) is 16.7. The quantitative estimate of drug-likeness (QED) is 0.762. The van der Waals surface area contributed by atoms with Crippen LogP contribution in [0.2, 0.25) is 0 Å². The summed E-state index contributed by atoms with van der Waals surface area (Å²) < 4.78 is 2.15. The largest absolute Gasteiger partial charge is 0.317 e. The van der Waals surface area contributed by atoms with Crippen LogP contribution in [0.1, 0.15) is 30.0 Å². The topological polar surface area (TPSA) is 58.4 Å². The van der Waals surface area contributed by atoms with Crippen molar-refractivity contribution in [2.24, 2.45) is 5.41 Å². The van der Waals surface area contributed by atoms with E-state index in [1.165, 1.54) is 30.0 Å². The first kappa shape index (κ1) is 15.4. The molecule has 1 saturated carbocycles. The van der Waals surface area contributed by atoms with Crippen LogP contribution in [0.4, 0.5) is 0 Å². The van der Waals surface area contributed by atoms with E-state index in [4.69, 9.17) is 0 Å². The zero-order valence-corrected chi connectivity index (χ0v) is 15.0. The highest BCUT2D eigenvalue weighted by Gasteiger charge is 2.56. The van der Waals surface area contributed by atoms with E-state index in [2.05, 4.69) is 34.9 Å². The molecule has 1 saturated heterocycles. The zero-order valence-electron chi connectivity index (χ0n) is 14.1. The molecule has 1 N–H and O–H groups in total. The van der Waals surface area contributed by atoms with Crippen LogP contribution in [0.25, 0.3) is 5.65 Å². The van der Waals surface area contributed by atoms with Gasteiger partial charge in [0.25, 0.3) is 0 Å². The van der Waals surface area contributed by atoms with Crippen LogP contribution in [-0.2, 0) is 13.1 Å². The molecule has 6 nitrogen and oxygen atoms in total. The predicted octanol–water partition coefficient (Wildman–Crippen LogP) is 2.33. The summed E-state index contributed by atoms with van der Waals surface area (Å²) in [6.45, 7) is 4.15. The molecule has 0 amide bonds. The highest BCUT2D eigenvalue weighted by Crippen LogP contribution is 2.56. The van der Waals surface area contributed by atoms with Crippen molar-refractivity contribution in [3.63, 3.8) is 0 Å². The molecule has 2 fully saturated rings. The first-order valence-corrected chi connectivity index (χ1v) is 9.81. The molecule has 1 aliphatic carbocycles. The maximum absolute atomic E-state index is 4.52. The lowest BCUT2D eigenvalue weighted by molar-refractivity contribution is 0.185. The van der Waals surface area contributed by atoms with E-state index in [9.17, 15) is 0 Å². The summed E-state index contributed by atoms with van der Waals surface area (Å²) in [7, 11) is 0. The maximum Gasteiger partial charge on any atom is 0.155 e. The average Bonchev–Trinajstić information content (AvgIpc) is 3.03. The summed E-state index contributed by atoms with van der Waals surface area (Å²) in [5, 5.41) is 6.78. The third-order valence-electron chi connectivity index (χ3n) is 5.77. The Kier molecular flexibility index (Phi) is 3.80. The molecule has 0 radical (unpaired) electrons. The summed E-state index contributed by atoms with van der Waals surface area (Å²) >= 11 is 1.75.